The number of rotatable bonds is 3. The highest BCUT2D eigenvalue weighted by atomic mass is 127. The Balaban J connectivity index is 2.17. The minimum atomic E-state index is -3.93. The molecule has 0 fully saturated rings. The monoisotopic (exact) mass is 442 g/mol. The zero-order valence-corrected chi connectivity index (χ0v) is 15.0. The second kappa shape index (κ2) is 6.04. The predicted octanol–water partition coefficient (Wildman–Crippen LogP) is 3.80. The number of benzene rings is 2. The second-order valence-electron chi connectivity index (χ2n) is 4.90. The Hall–Kier alpha value is -1.74. The van der Waals surface area contributed by atoms with E-state index in [1.165, 1.54) is 31.4 Å². The van der Waals surface area contributed by atoms with Crippen molar-refractivity contribution in [3.8, 4) is 0 Å². The molecular formula is C16H12FIN2O2S. The number of hydrogen-bond donors (Lipinski definition) is 0. The lowest BCUT2D eigenvalue weighted by molar-refractivity contribution is 0.590. The number of para-hydroxylation sites is 1. The highest BCUT2D eigenvalue weighted by Crippen LogP contribution is 2.29. The average Bonchev–Trinajstić information content (AvgIpc) is 2.53. The summed E-state index contributed by atoms with van der Waals surface area (Å²) >= 11 is 1.97. The molecule has 0 bridgehead atoms. The maximum absolute atomic E-state index is 14.1. The van der Waals surface area contributed by atoms with Crippen molar-refractivity contribution >= 4 is 49.2 Å². The summed E-state index contributed by atoms with van der Waals surface area (Å²) in [6.07, 6.45) is 1.53. The molecule has 0 aliphatic carbocycles. The molecule has 4 nitrogen and oxygen atoms in total. The van der Waals surface area contributed by atoms with Crippen molar-refractivity contribution in [1.29, 1.82) is 0 Å². The Kier molecular flexibility index (Phi) is 4.24. The van der Waals surface area contributed by atoms with E-state index in [-0.39, 0.29) is 10.6 Å². The van der Waals surface area contributed by atoms with Crippen molar-refractivity contribution in [3.63, 3.8) is 0 Å². The van der Waals surface area contributed by atoms with E-state index in [1.54, 1.807) is 30.3 Å². The quantitative estimate of drug-likeness (QED) is 0.580. The van der Waals surface area contributed by atoms with E-state index in [4.69, 9.17) is 0 Å². The lowest BCUT2D eigenvalue weighted by Crippen LogP contribution is -2.27. The van der Waals surface area contributed by atoms with Crippen LogP contribution >= 0.6 is 22.6 Å². The van der Waals surface area contributed by atoms with Gasteiger partial charge in [-0.25, -0.2) is 12.8 Å². The third-order valence-corrected chi connectivity index (χ3v) is 5.96. The smallest absolute Gasteiger partial charge is 0.266 e. The zero-order valence-electron chi connectivity index (χ0n) is 12.1. The van der Waals surface area contributed by atoms with Gasteiger partial charge in [0.1, 0.15) is 10.7 Å². The van der Waals surface area contributed by atoms with Crippen LogP contribution in [0.1, 0.15) is 0 Å². The minimum absolute atomic E-state index is 0.00153. The molecule has 0 saturated carbocycles. The number of anilines is 1. The molecule has 118 valence electrons. The van der Waals surface area contributed by atoms with E-state index in [9.17, 15) is 12.8 Å². The highest BCUT2D eigenvalue weighted by molar-refractivity contribution is 14.1. The van der Waals surface area contributed by atoms with E-state index < -0.39 is 15.8 Å². The van der Waals surface area contributed by atoms with Crippen molar-refractivity contribution in [3.05, 3.63) is 64.1 Å². The molecule has 0 spiro atoms. The first-order chi connectivity index (χ1) is 10.9. The molecule has 0 aliphatic rings. The highest BCUT2D eigenvalue weighted by Gasteiger charge is 2.26. The molecule has 3 aromatic rings. The van der Waals surface area contributed by atoms with Gasteiger partial charge in [0.15, 0.2) is 0 Å². The first-order valence-electron chi connectivity index (χ1n) is 6.69. The molecule has 0 saturated heterocycles. The fourth-order valence-electron chi connectivity index (χ4n) is 2.30. The van der Waals surface area contributed by atoms with Gasteiger partial charge in [-0.05, 0) is 52.9 Å². The molecule has 0 N–H and O–H groups in total. The minimum Gasteiger partial charge on any atom is -0.266 e. The first kappa shape index (κ1) is 16.1. The van der Waals surface area contributed by atoms with Crippen LogP contribution in [-0.2, 0) is 10.0 Å². The van der Waals surface area contributed by atoms with Gasteiger partial charge in [-0.1, -0.05) is 18.2 Å². The van der Waals surface area contributed by atoms with E-state index in [1.807, 2.05) is 22.6 Å². The van der Waals surface area contributed by atoms with Crippen LogP contribution < -0.4 is 4.31 Å². The fraction of sp³-hybridized carbons (Fsp3) is 0.0625. The summed E-state index contributed by atoms with van der Waals surface area (Å²) in [6, 6.07) is 12.8. The van der Waals surface area contributed by atoms with Gasteiger partial charge < -0.3 is 0 Å². The van der Waals surface area contributed by atoms with Crippen LogP contribution in [0, 0.1) is 9.39 Å². The average molecular weight is 442 g/mol. The number of nitrogens with zero attached hydrogens (tertiary/aromatic N) is 2. The van der Waals surface area contributed by atoms with Crippen LogP contribution in [0.5, 0.6) is 0 Å². The zero-order chi connectivity index (χ0) is 16.6. The summed E-state index contributed by atoms with van der Waals surface area (Å²) in [5.74, 6) is -0.587. The second-order valence-corrected chi connectivity index (χ2v) is 8.08. The van der Waals surface area contributed by atoms with E-state index in [0.29, 0.717) is 14.5 Å². The third-order valence-electron chi connectivity index (χ3n) is 3.48. The molecule has 2 aromatic carbocycles. The predicted molar refractivity (Wildman–Crippen MR) is 96.4 cm³/mol. The SMILES string of the molecule is CN(c1ccc(I)cc1F)S(=O)(=O)c1cccc2cccnc12. The van der Waals surface area contributed by atoms with Crippen molar-refractivity contribution in [2.75, 3.05) is 11.4 Å². The maximum Gasteiger partial charge on any atom is 0.266 e. The lowest BCUT2D eigenvalue weighted by Gasteiger charge is -2.20. The van der Waals surface area contributed by atoms with Crippen LogP contribution in [0.2, 0.25) is 0 Å². The van der Waals surface area contributed by atoms with E-state index >= 15 is 0 Å². The summed E-state index contributed by atoms with van der Waals surface area (Å²) < 4.78 is 41.6. The normalized spacial score (nSPS) is 11.6. The van der Waals surface area contributed by atoms with Gasteiger partial charge in [0.25, 0.3) is 10.0 Å². The van der Waals surface area contributed by atoms with Gasteiger partial charge in [0, 0.05) is 22.2 Å². The van der Waals surface area contributed by atoms with Crippen molar-refractivity contribution < 1.29 is 12.8 Å². The van der Waals surface area contributed by atoms with E-state index in [2.05, 4.69) is 4.98 Å². The number of sulfonamides is 1. The first-order valence-corrected chi connectivity index (χ1v) is 9.21. The number of fused-ring (bicyclic) bond motifs is 1. The number of halogens is 2. The van der Waals surface area contributed by atoms with Crippen LogP contribution in [0.4, 0.5) is 10.1 Å². The van der Waals surface area contributed by atoms with Gasteiger partial charge in [-0.3, -0.25) is 9.29 Å². The molecule has 0 amide bonds. The van der Waals surface area contributed by atoms with Gasteiger partial charge in [0.05, 0.1) is 11.2 Å². The molecule has 0 radical (unpaired) electrons. The third kappa shape index (κ3) is 2.90. The van der Waals surface area contributed by atoms with Gasteiger partial charge in [-0.15, -0.1) is 0 Å². The molecule has 7 heteroatoms. The fourth-order valence-corrected chi connectivity index (χ4v) is 4.12. The molecule has 0 aliphatic heterocycles. The summed E-state index contributed by atoms with van der Waals surface area (Å²) in [5.41, 5.74) is 0.367. The topological polar surface area (TPSA) is 50.3 Å². The Bertz CT molecular complexity index is 987. The van der Waals surface area contributed by atoms with Crippen LogP contribution in [0.25, 0.3) is 10.9 Å². The molecular weight excluding hydrogens is 430 g/mol. The summed E-state index contributed by atoms with van der Waals surface area (Å²) in [6.45, 7) is 0. The Morgan fingerprint density at radius 3 is 2.61 bits per heavy atom. The Morgan fingerprint density at radius 1 is 1.13 bits per heavy atom. The standard InChI is InChI=1S/C16H12FIN2O2S/c1-20(14-8-7-12(18)10-13(14)17)23(21,22)15-6-2-4-11-5-3-9-19-16(11)15/h2-10H,1H3. The van der Waals surface area contributed by atoms with Gasteiger partial charge >= 0.3 is 0 Å². The number of aromatic nitrogens is 1. The Labute approximate surface area is 147 Å². The molecule has 1 aromatic heterocycles. The van der Waals surface area contributed by atoms with Crippen molar-refractivity contribution in [1.82, 2.24) is 4.98 Å². The van der Waals surface area contributed by atoms with Gasteiger partial charge in [-0.2, -0.15) is 0 Å². The Morgan fingerprint density at radius 2 is 1.87 bits per heavy atom. The number of pyridine rings is 1. The van der Waals surface area contributed by atoms with Gasteiger partial charge in [0.2, 0.25) is 0 Å². The van der Waals surface area contributed by atoms with E-state index in [0.717, 1.165) is 4.31 Å². The lowest BCUT2D eigenvalue weighted by atomic mass is 10.2. The molecule has 3 rings (SSSR count). The molecule has 0 atom stereocenters. The van der Waals surface area contributed by atoms with Crippen LogP contribution in [0.15, 0.2) is 59.6 Å². The molecule has 23 heavy (non-hydrogen) atoms. The van der Waals surface area contributed by atoms with Crippen molar-refractivity contribution in [2.24, 2.45) is 0 Å². The summed E-state index contributed by atoms with van der Waals surface area (Å²) in [5, 5.41) is 0.713. The van der Waals surface area contributed by atoms with Crippen LogP contribution in [0.3, 0.4) is 0 Å². The maximum atomic E-state index is 14.1. The van der Waals surface area contributed by atoms with Crippen molar-refractivity contribution in [2.45, 2.75) is 4.90 Å². The molecule has 1 heterocycles. The summed E-state index contributed by atoms with van der Waals surface area (Å²) in [7, 11) is -2.59. The summed E-state index contributed by atoms with van der Waals surface area (Å²) in [4.78, 5) is 4.21. The largest absolute Gasteiger partial charge is 0.266 e. The van der Waals surface area contributed by atoms with Crippen LogP contribution in [-0.4, -0.2) is 20.4 Å². The number of hydrogen-bond acceptors (Lipinski definition) is 3. The molecule has 0 unspecified atom stereocenters.